The van der Waals surface area contributed by atoms with Crippen molar-refractivity contribution < 1.29 is 29.0 Å². The van der Waals surface area contributed by atoms with E-state index in [9.17, 15) is 19.6 Å². The third-order valence-electron chi connectivity index (χ3n) is 5.18. The van der Waals surface area contributed by atoms with Crippen molar-refractivity contribution in [1.82, 2.24) is 0 Å². The van der Waals surface area contributed by atoms with Crippen LogP contribution in [0.25, 0.3) is 6.08 Å². The molecule has 9 heteroatoms. The van der Waals surface area contributed by atoms with Crippen molar-refractivity contribution in [1.29, 1.82) is 5.26 Å². The Morgan fingerprint density at radius 2 is 1.65 bits per heavy atom. The molecule has 34 heavy (non-hydrogen) atoms. The summed E-state index contributed by atoms with van der Waals surface area (Å²) in [7, 11) is 2.34. The number of aliphatic carboxylic acids is 1. The number of methoxy groups -OCH3 is 2. The van der Waals surface area contributed by atoms with Crippen molar-refractivity contribution in [2.75, 3.05) is 19.1 Å². The molecule has 172 valence electrons. The predicted octanol–water partition coefficient (Wildman–Crippen LogP) is 2.68. The molecule has 0 aliphatic carbocycles. The molecule has 0 saturated heterocycles. The van der Waals surface area contributed by atoms with Gasteiger partial charge in [0.05, 0.1) is 37.4 Å². The van der Waals surface area contributed by atoms with E-state index in [2.05, 4.69) is 6.07 Å². The van der Waals surface area contributed by atoms with E-state index in [1.165, 1.54) is 25.2 Å². The van der Waals surface area contributed by atoms with Crippen LogP contribution in [-0.2, 0) is 23.9 Å². The topological polar surface area (TPSA) is 143 Å². The fraction of sp³-hybridized carbons (Fsp3) is 0.120. The molecule has 1 heterocycles. The third-order valence-corrected chi connectivity index (χ3v) is 5.18. The standard InChI is InChI=1S/C25H21N3O6/c1-33-24(31)21-20(16-6-4-3-5-7-16)18(14-26)23(27)28(22(21)25(32)34-2)17-11-8-15(9-12-17)10-13-19(29)30/h3-13,20H,27H2,1-2H3,(H,29,30). The number of nitriles is 1. The number of ether oxygens (including phenoxy) is 2. The van der Waals surface area contributed by atoms with Crippen LogP contribution in [-0.4, -0.2) is 37.2 Å². The monoisotopic (exact) mass is 459 g/mol. The van der Waals surface area contributed by atoms with Gasteiger partial charge >= 0.3 is 17.9 Å². The molecule has 2 aromatic carbocycles. The number of rotatable bonds is 6. The maximum absolute atomic E-state index is 13.0. The zero-order chi connectivity index (χ0) is 24.8. The van der Waals surface area contributed by atoms with Crippen LogP contribution < -0.4 is 10.6 Å². The van der Waals surface area contributed by atoms with Crippen LogP contribution >= 0.6 is 0 Å². The van der Waals surface area contributed by atoms with Gasteiger partial charge in [0.2, 0.25) is 0 Å². The van der Waals surface area contributed by atoms with Gasteiger partial charge in [0.15, 0.2) is 0 Å². The lowest BCUT2D eigenvalue weighted by Gasteiger charge is -2.35. The summed E-state index contributed by atoms with van der Waals surface area (Å²) in [6.07, 6.45) is 2.38. The molecule has 1 atom stereocenters. The Labute approximate surface area is 195 Å². The van der Waals surface area contributed by atoms with Crippen LogP contribution in [0.3, 0.4) is 0 Å². The summed E-state index contributed by atoms with van der Waals surface area (Å²) in [4.78, 5) is 38.0. The van der Waals surface area contributed by atoms with E-state index in [-0.39, 0.29) is 22.7 Å². The lowest BCUT2D eigenvalue weighted by atomic mass is 9.81. The number of carbonyl (C=O) groups excluding carboxylic acids is 2. The molecular weight excluding hydrogens is 438 g/mol. The normalized spacial score (nSPS) is 15.8. The molecule has 3 N–H and O–H groups in total. The summed E-state index contributed by atoms with van der Waals surface area (Å²) in [5.41, 5.74) is 7.68. The highest BCUT2D eigenvalue weighted by Crippen LogP contribution is 2.43. The molecule has 0 bridgehead atoms. The van der Waals surface area contributed by atoms with E-state index in [1.807, 2.05) is 0 Å². The minimum absolute atomic E-state index is 0.0501. The van der Waals surface area contributed by atoms with Gasteiger partial charge in [-0.25, -0.2) is 14.4 Å². The highest BCUT2D eigenvalue weighted by Gasteiger charge is 2.42. The SMILES string of the molecule is COC(=O)C1=C(C(=O)OC)N(c2ccc(C=CC(=O)O)cc2)C(N)=C(C#N)C1c1ccccc1. The third kappa shape index (κ3) is 4.52. The Morgan fingerprint density at radius 3 is 2.18 bits per heavy atom. The number of hydrogen-bond acceptors (Lipinski definition) is 8. The lowest BCUT2D eigenvalue weighted by Crippen LogP contribution is -2.40. The van der Waals surface area contributed by atoms with Gasteiger partial charge in [-0.3, -0.25) is 4.90 Å². The zero-order valence-electron chi connectivity index (χ0n) is 18.4. The Hall–Kier alpha value is -4.84. The number of nitrogens with zero attached hydrogens (tertiary/aromatic N) is 2. The first-order chi connectivity index (χ1) is 16.3. The predicted molar refractivity (Wildman–Crippen MR) is 123 cm³/mol. The fourth-order valence-electron chi connectivity index (χ4n) is 3.68. The Morgan fingerprint density at radius 1 is 1.03 bits per heavy atom. The number of carboxylic acid groups (broad SMARTS) is 1. The molecule has 1 aliphatic heterocycles. The van der Waals surface area contributed by atoms with Crippen LogP contribution in [0.1, 0.15) is 17.0 Å². The molecule has 0 amide bonds. The van der Waals surface area contributed by atoms with Gasteiger partial charge in [-0.15, -0.1) is 0 Å². The number of carbonyl (C=O) groups is 3. The molecule has 1 unspecified atom stereocenters. The molecule has 2 aromatic rings. The molecule has 0 saturated carbocycles. The first-order valence-electron chi connectivity index (χ1n) is 10.0. The average molecular weight is 459 g/mol. The Kier molecular flexibility index (Phi) is 7.13. The van der Waals surface area contributed by atoms with Gasteiger partial charge in [0, 0.05) is 11.8 Å². The van der Waals surface area contributed by atoms with Crippen molar-refractivity contribution in [2.45, 2.75) is 5.92 Å². The molecule has 9 nitrogen and oxygen atoms in total. The summed E-state index contributed by atoms with van der Waals surface area (Å²) in [6.45, 7) is 0. The molecule has 0 aromatic heterocycles. The van der Waals surface area contributed by atoms with Gasteiger partial charge in [-0.2, -0.15) is 5.26 Å². The van der Waals surface area contributed by atoms with Crippen molar-refractivity contribution in [3.05, 3.63) is 94.5 Å². The van der Waals surface area contributed by atoms with Gasteiger partial charge in [0.1, 0.15) is 11.5 Å². The summed E-state index contributed by atoms with van der Waals surface area (Å²) < 4.78 is 9.96. The summed E-state index contributed by atoms with van der Waals surface area (Å²) >= 11 is 0. The lowest BCUT2D eigenvalue weighted by molar-refractivity contribution is -0.139. The quantitative estimate of drug-likeness (QED) is 0.492. The first kappa shape index (κ1) is 23.8. The minimum atomic E-state index is -1.10. The van der Waals surface area contributed by atoms with Crippen molar-refractivity contribution in [3.63, 3.8) is 0 Å². The fourth-order valence-corrected chi connectivity index (χ4v) is 3.68. The molecule has 3 rings (SSSR count). The highest BCUT2D eigenvalue weighted by atomic mass is 16.5. The maximum atomic E-state index is 13.0. The van der Waals surface area contributed by atoms with Crippen LogP contribution in [0.15, 0.2) is 83.3 Å². The Bertz CT molecular complexity index is 1250. The molecule has 0 fully saturated rings. The number of allylic oxidation sites excluding steroid dienone is 1. The smallest absolute Gasteiger partial charge is 0.355 e. The van der Waals surface area contributed by atoms with Gasteiger partial charge in [0.25, 0.3) is 0 Å². The average Bonchev–Trinajstić information content (AvgIpc) is 2.86. The van der Waals surface area contributed by atoms with Crippen LogP contribution in [0.5, 0.6) is 0 Å². The van der Waals surface area contributed by atoms with E-state index in [0.717, 1.165) is 6.08 Å². The molecule has 0 radical (unpaired) electrons. The number of anilines is 1. The zero-order valence-corrected chi connectivity index (χ0v) is 18.4. The van der Waals surface area contributed by atoms with E-state index in [4.69, 9.17) is 20.3 Å². The number of carboxylic acids is 1. The first-order valence-corrected chi connectivity index (χ1v) is 10.0. The summed E-state index contributed by atoms with van der Waals surface area (Å²) in [5, 5.41) is 18.8. The number of hydrogen-bond donors (Lipinski definition) is 2. The van der Waals surface area contributed by atoms with Crippen LogP contribution in [0, 0.1) is 11.3 Å². The van der Waals surface area contributed by atoms with Gasteiger partial charge in [-0.05, 0) is 29.3 Å². The second-order valence-electron chi connectivity index (χ2n) is 7.10. The number of esters is 2. The van der Waals surface area contributed by atoms with Crippen LogP contribution in [0.2, 0.25) is 0 Å². The van der Waals surface area contributed by atoms with E-state index in [1.54, 1.807) is 54.6 Å². The van der Waals surface area contributed by atoms with E-state index in [0.29, 0.717) is 16.8 Å². The second kappa shape index (κ2) is 10.2. The van der Waals surface area contributed by atoms with Crippen LogP contribution in [0.4, 0.5) is 5.69 Å². The Balaban J connectivity index is 2.29. The van der Waals surface area contributed by atoms with Crippen molar-refractivity contribution >= 4 is 29.7 Å². The minimum Gasteiger partial charge on any atom is -0.478 e. The van der Waals surface area contributed by atoms with Crippen molar-refractivity contribution in [3.8, 4) is 6.07 Å². The molecule has 1 aliphatic rings. The second-order valence-corrected chi connectivity index (χ2v) is 7.10. The highest BCUT2D eigenvalue weighted by molar-refractivity contribution is 6.06. The largest absolute Gasteiger partial charge is 0.478 e. The summed E-state index contributed by atoms with van der Waals surface area (Å²) in [6, 6.07) is 17.1. The number of benzene rings is 2. The molecule has 0 spiro atoms. The summed E-state index contributed by atoms with van der Waals surface area (Å²) in [5.74, 6) is -3.78. The number of nitrogens with two attached hydrogens (primary N) is 1. The van der Waals surface area contributed by atoms with E-state index < -0.39 is 23.8 Å². The van der Waals surface area contributed by atoms with Gasteiger partial charge in [-0.1, -0.05) is 42.5 Å². The van der Waals surface area contributed by atoms with E-state index >= 15 is 0 Å². The van der Waals surface area contributed by atoms with Crippen molar-refractivity contribution in [2.24, 2.45) is 5.73 Å². The van der Waals surface area contributed by atoms with Gasteiger partial charge < -0.3 is 20.3 Å². The molecular formula is C25H21N3O6. The maximum Gasteiger partial charge on any atom is 0.355 e.